The summed E-state index contributed by atoms with van der Waals surface area (Å²) < 4.78 is 82.5. The molecule has 3 aromatic heterocycles. The minimum absolute atomic E-state index is 0.00228. The number of aromatic nitrogens is 4. The summed E-state index contributed by atoms with van der Waals surface area (Å²) in [7, 11) is -1.44. The number of fused-ring (bicyclic) bond motifs is 1. The Bertz CT molecular complexity index is 1170. The van der Waals surface area contributed by atoms with E-state index >= 15 is 0 Å². The molecule has 3 heterocycles. The minimum Gasteiger partial charge on any atom is -0.433 e. The lowest BCUT2D eigenvalue weighted by Crippen LogP contribution is -2.10. The van der Waals surface area contributed by atoms with Gasteiger partial charge in [0.1, 0.15) is 17.1 Å². The van der Waals surface area contributed by atoms with Crippen LogP contribution in [-0.4, -0.2) is 42.0 Å². The Labute approximate surface area is 162 Å². The van der Waals surface area contributed by atoms with Gasteiger partial charge in [0, 0.05) is 12.8 Å². The number of halogens is 5. The molecule has 0 aliphatic rings. The number of rotatable bonds is 5. The van der Waals surface area contributed by atoms with Crippen LogP contribution >= 0.6 is 0 Å². The zero-order valence-corrected chi connectivity index (χ0v) is 16.0. The highest BCUT2D eigenvalue weighted by Gasteiger charge is 2.33. The van der Waals surface area contributed by atoms with Gasteiger partial charge in [0.05, 0.1) is 28.3 Å². The van der Waals surface area contributed by atoms with Crippen molar-refractivity contribution in [1.82, 2.24) is 19.5 Å². The Hall–Kier alpha value is -2.76. The molecule has 0 fully saturated rings. The minimum atomic E-state index is -4.65. The first-order valence-corrected chi connectivity index (χ1v) is 10.0. The smallest absolute Gasteiger partial charge is 0.433 e. The summed E-state index contributed by atoms with van der Waals surface area (Å²) in [6.45, 7) is -1.52. The van der Waals surface area contributed by atoms with Crippen LogP contribution in [0.3, 0.4) is 0 Å². The Morgan fingerprint density at radius 3 is 2.52 bits per heavy atom. The summed E-state index contributed by atoms with van der Waals surface area (Å²) in [5.74, 6) is 3.49. The maximum absolute atomic E-state index is 12.9. The molecule has 0 bridgehead atoms. The van der Waals surface area contributed by atoms with Crippen molar-refractivity contribution in [2.45, 2.75) is 24.6 Å². The van der Waals surface area contributed by atoms with E-state index in [0.29, 0.717) is 0 Å². The van der Waals surface area contributed by atoms with Gasteiger partial charge in [0.15, 0.2) is 5.82 Å². The molecular formula is C17H15F5N4O2S. The van der Waals surface area contributed by atoms with Gasteiger partial charge in [0.2, 0.25) is 0 Å². The van der Waals surface area contributed by atoms with Gasteiger partial charge in [-0.3, -0.25) is 4.21 Å². The monoisotopic (exact) mass is 434 g/mol. The van der Waals surface area contributed by atoms with Crippen molar-refractivity contribution in [3.05, 3.63) is 30.2 Å². The first-order chi connectivity index (χ1) is 13.4. The van der Waals surface area contributed by atoms with Gasteiger partial charge in [-0.2, -0.15) is 22.0 Å². The van der Waals surface area contributed by atoms with E-state index in [9.17, 15) is 26.2 Å². The Kier molecular flexibility index (Phi) is 5.24. The van der Waals surface area contributed by atoms with Gasteiger partial charge in [-0.1, -0.05) is 6.92 Å². The number of nitrogens with zero attached hydrogens (tertiary/aromatic N) is 4. The van der Waals surface area contributed by atoms with Crippen molar-refractivity contribution < 1.29 is 30.9 Å². The zero-order chi connectivity index (χ0) is 21.6. The second kappa shape index (κ2) is 7.25. The van der Waals surface area contributed by atoms with Gasteiger partial charge in [-0.15, -0.1) is 0 Å². The predicted molar refractivity (Wildman–Crippen MR) is 97.4 cm³/mol. The van der Waals surface area contributed by atoms with E-state index in [1.54, 1.807) is 6.92 Å². The molecule has 0 aliphatic heterocycles. The summed E-state index contributed by atoms with van der Waals surface area (Å²) in [4.78, 5) is 11.6. The lowest BCUT2D eigenvalue weighted by atomic mass is 10.3. The van der Waals surface area contributed by atoms with Crippen molar-refractivity contribution in [1.29, 1.82) is 0 Å². The summed E-state index contributed by atoms with van der Waals surface area (Å²) in [5.41, 5.74) is -0.794. The number of imidazole rings is 1. The second-order valence-electron chi connectivity index (χ2n) is 6.05. The molecule has 0 amide bonds. The Morgan fingerprint density at radius 1 is 1.24 bits per heavy atom. The molecule has 29 heavy (non-hydrogen) atoms. The molecule has 3 aromatic rings. The fourth-order valence-electron chi connectivity index (χ4n) is 2.66. The van der Waals surface area contributed by atoms with Gasteiger partial charge < -0.3 is 9.30 Å². The van der Waals surface area contributed by atoms with Gasteiger partial charge in [-0.25, -0.2) is 15.0 Å². The van der Waals surface area contributed by atoms with Crippen LogP contribution in [0.15, 0.2) is 29.4 Å². The van der Waals surface area contributed by atoms with Crippen LogP contribution in [0, 0.1) is 0 Å². The quantitative estimate of drug-likeness (QED) is 0.452. The summed E-state index contributed by atoms with van der Waals surface area (Å²) >= 11 is 0. The van der Waals surface area contributed by atoms with E-state index in [4.69, 9.17) is 0 Å². The molecule has 1 unspecified atom stereocenters. The zero-order valence-electron chi connectivity index (χ0n) is 15.2. The molecular weight excluding hydrogens is 419 g/mol. The molecule has 0 aliphatic carbocycles. The molecule has 3 rings (SSSR count). The molecule has 12 heteroatoms. The standard InChI is InChI=1S/C17H15F5N4O2S/c1-4-29(3,27)12-5-9(28-16(18)19)7-24-14(12)15-25-10-6-13(17(20,21)22)23-8-11(10)26(15)2/h5-8,16H,3-4H2,1-2H3. The summed E-state index contributed by atoms with van der Waals surface area (Å²) in [5, 5.41) is 0. The van der Waals surface area contributed by atoms with E-state index in [1.165, 1.54) is 11.6 Å². The lowest BCUT2D eigenvalue weighted by Gasteiger charge is -2.14. The van der Waals surface area contributed by atoms with E-state index in [0.717, 1.165) is 24.5 Å². The largest absolute Gasteiger partial charge is 0.433 e. The van der Waals surface area contributed by atoms with Crippen LogP contribution in [0.2, 0.25) is 0 Å². The number of aryl methyl sites for hydroxylation is 1. The van der Waals surface area contributed by atoms with Crippen LogP contribution in [0.1, 0.15) is 12.6 Å². The first-order valence-electron chi connectivity index (χ1n) is 8.14. The summed E-state index contributed by atoms with van der Waals surface area (Å²) in [6, 6.07) is 1.92. The predicted octanol–water partition coefficient (Wildman–Crippen LogP) is 3.75. The van der Waals surface area contributed by atoms with Gasteiger partial charge in [0.25, 0.3) is 0 Å². The molecule has 0 spiro atoms. The number of hydrogen-bond acceptors (Lipinski definition) is 5. The lowest BCUT2D eigenvalue weighted by molar-refractivity contribution is -0.141. The Balaban J connectivity index is 2.24. The van der Waals surface area contributed by atoms with Crippen LogP contribution in [0.25, 0.3) is 22.6 Å². The molecule has 1 atom stereocenters. The number of pyridine rings is 2. The third-order valence-electron chi connectivity index (χ3n) is 4.19. The number of ether oxygens (including phenoxy) is 1. The third kappa shape index (κ3) is 4.02. The Morgan fingerprint density at radius 2 is 1.93 bits per heavy atom. The van der Waals surface area contributed by atoms with Crippen molar-refractivity contribution >= 4 is 26.4 Å². The van der Waals surface area contributed by atoms with Gasteiger partial charge >= 0.3 is 12.8 Å². The fraction of sp³-hybridized carbons (Fsp3) is 0.294. The van der Waals surface area contributed by atoms with Crippen LogP contribution < -0.4 is 4.74 Å². The van der Waals surface area contributed by atoms with E-state index < -0.39 is 28.0 Å². The highest BCUT2D eigenvalue weighted by atomic mass is 32.2. The van der Waals surface area contributed by atoms with Crippen molar-refractivity contribution in [2.75, 3.05) is 5.75 Å². The topological polar surface area (TPSA) is 69.9 Å². The average Bonchev–Trinajstić information content (AvgIpc) is 2.96. The summed E-state index contributed by atoms with van der Waals surface area (Å²) in [6.07, 6.45) is -2.63. The third-order valence-corrected chi connectivity index (χ3v) is 6.23. The highest BCUT2D eigenvalue weighted by Crippen LogP contribution is 2.33. The maximum Gasteiger partial charge on any atom is 0.433 e. The first kappa shape index (κ1) is 21.0. The number of alkyl halides is 5. The van der Waals surface area contributed by atoms with E-state index in [2.05, 4.69) is 25.6 Å². The average molecular weight is 434 g/mol. The second-order valence-corrected chi connectivity index (χ2v) is 8.69. The van der Waals surface area contributed by atoms with E-state index in [1.807, 2.05) is 0 Å². The molecule has 0 aromatic carbocycles. The normalized spacial score (nSPS) is 14.3. The van der Waals surface area contributed by atoms with E-state index in [-0.39, 0.29) is 38.9 Å². The van der Waals surface area contributed by atoms with Crippen LogP contribution in [0.4, 0.5) is 22.0 Å². The highest BCUT2D eigenvalue weighted by molar-refractivity contribution is 8.00. The molecule has 0 saturated carbocycles. The van der Waals surface area contributed by atoms with Gasteiger partial charge in [-0.05, 0) is 27.5 Å². The number of hydrogen-bond donors (Lipinski definition) is 0. The SMILES string of the molecule is C=S(=O)(CC)c1cc(OC(F)F)cnc1-c1nc2cc(C(F)(F)F)ncc2n1C. The molecule has 6 nitrogen and oxygen atoms in total. The van der Waals surface area contributed by atoms with Crippen molar-refractivity contribution in [3.8, 4) is 17.3 Å². The molecule has 0 saturated heterocycles. The molecule has 156 valence electrons. The fourth-order valence-corrected chi connectivity index (χ4v) is 3.79. The maximum atomic E-state index is 12.9. The van der Waals surface area contributed by atoms with Crippen LogP contribution in [-0.2, 0) is 22.7 Å². The van der Waals surface area contributed by atoms with Crippen LogP contribution in [0.5, 0.6) is 5.75 Å². The van der Waals surface area contributed by atoms with Crippen molar-refractivity contribution in [2.24, 2.45) is 7.05 Å². The molecule has 0 radical (unpaired) electrons. The molecule has 0 N–H and O–H groups in total. The van der Waals surface area contributed by atoms with Crippen molar-refractivity contribution in [3.63, 3.8) is 0 Å².